The van der Waals surface area contributed by atoms with Crippen LogP contribution in [0.25, 0.3) is 11.1 Å². The second-order valence-electron chi connectivity index (χ2n) is 8.15. The molecule has 1 aliphatic heterocycles. The predicted molar refractivity (Wildman–Crippen MR) is 117 cm³/mol. The molecule has 0 amide bonds. The molecule has 1 saturated heterocycles. The Balaban J connectivity index is 1.50. The molecule has 0 radical (unpaired) electrons. The van der Waals surface area contributed by atoms with Gasteiger partial charge in [0.05, 0.1) is 25.2 Å². The molecule has 9 heteroatoms. The Labute approximate surface area is 187 Å². The highest BCUT2D eigenvalue weighted by Crippen LogP contribution is 2.40. The molecule has 1 saturated carbocycles. The summed E-state index contributed by atoms with van der Waals surface area (Å²) in [6.07, 6.45) is 2.34. The van der Waals surface area contributed by atoms with Crippen LogP contribution in [-0.4, -0.2) is 51.6 Å². The molecule has 1 spiro atoms. The first kappa shape index (κ1) is 22.7. The monoisotopic (exact) mass is 461 g/mol. The topological polar surface area (TPSA) is 111 Å². The second kappa shape index (κ2) is 9.19. The van der Waals surface area contributed by atoms with Gasteiger partial charge in [-0.25, -0.2) is 8.42 Å². The molecule has 172 valence electrons. The Morgan fingerprint density at radius 3 is 2.25 bits per heavy atom. The molecule has 8 nitrogen and oxygen atoms in total. The quantitative estimate of drug-likeness (QED) is 0.652. The fraction of sp³-hybridized carbons (Fsp3) is 0.435. The van der Waals surface area contributed by atoms with E-state index in [-0.39, 0.29) is 4.90 Å². The third kappa shape index (κ3) is 4.80. The molecule has 2 atom stereocenters. The standard InChI is InChI=1S/C23H27NO7S/c1-29-19-8-4-16(5-9-19)17-6-10-20(11-7-17)32(27,28)24-21(22(25)26)18-3-2-12-23(15-18)30-13-14-31-23/h4-11,18,21,24H,2-3,12-15H2,1H3,(H,25,26)/t18?,21-/m1/s1. The Morgan fingerprint density at radius 2 is 1.69 bits per heavy atom. The van der Waals surface area contributed by atoms with Gasteiger partial charge in [-0.05, 0) is 54.2 Å². The van der Waals surface area contributed by atoms with E-state index in [1.165, 1.54) is 12.1 Å². The highest BCUT2D eigenvalue weighted by molar-refractivity contribution is 7.89. The molecule has 4 rings (SSSR count). The number of hydrogen-bond acceptors (Lipinski definition) is 6. The molecule has 1 unspecified atom stereocenters. The number of rotatable bonds is 7. The SMILES string of the molecule is COc1ccc(-c2ccc(S(=O)(=O)N[C@@H](C(=O)O)C3CCCC4(C3)OCCO4)cc2)cc1. The highest BCUT2D eigenvalue weighted by atomic mass is 32.2. The van der Waals surface area contributed by atoms with Gasteiger partial charge in [0.15, 0.2) is 5.79 Å². The maximum atomic E-state index is 13.0. The summed E-state index contributed by atoms with van der Waals surface area (Å²) in [6.45, 7) is 0.938. The summed E-state index contributed by atoms with van der Waals surface area (Å²) in [7, 11) is -2.44. The van der Waals surface area contributed by atoms with Crippen LogP contribution in [0, 0.1) is 5.92 Å². The summed E-state index contributed by atoms with van der Waals surface area (Å²) in [5.74, 6) is -1.69. The summed E-state index contributed by atoms with van der Waals surface area (Å²) in [4.78, 5) is 12.0. The maximum Gasteiger partial charge on any atom is 0.322 e. The molecular weight excluding hydrogens is 434 g/mol. The number of hydrogen-bond donors (Lipinski definition) is 2. The lowest BCUT2D eigenvalue weighted by Gasteiger charge is -2.38. The fourth-order valence-corrected chi connectivity index (χ4v) is 5.73. The van der Waals surface area contributed by atoms with Crippen molar-refractivity contribution in [1.29, 1.82) is 0 Å². The van der Waals surface area contributed by atoms with Crippen molar-refractivity contribution in [1.82, 2.24) is 4.72 Å². The minimum absolute atomic E-state index is 0.0138. The summed E-state index contributed by atoms with van der Waals surface area (Å²) in [6, 6.07) is 12.5. The number of methoxy groups -OCH3 is 1. The van der Waals surface area contributed by atoms with E-state index in [9.17, 15) is 18.3 Å². The Kier molecular flexibility index (Phi) is 6.52. The predicted octanol–water partition coefficient (Wildman–Crippen LogP) is 3.03. The number of benzene rings is 2. The van der Waals surface area contributed by atoms with Gasteiger partial charge in [-0.2, -0.15) is 4.72 Å². The Hall–Kier alpha value is -2.46. The molecule has 2 aromatic rings. The lowest BCUT2D eigenvalue weighted by molar-refractivity contribution is -0.190. The van der Waals surface area contributed by atoms with Gasteiger partial charge in [0.2, 0.25) is 10.0 Å². The molecule has 1 aliphatic carbocycles. The van der Waals surface area contributed by atoms with Crippen LogP contribution in [-0.2, 0) is 24.3 Å². The van der Waals surface area contributed by atoms with Crippen molar-refractivity contribution in [2.45, 2.75) is 42.4 Å². The molecule has 2 aliphatic rings. The summed E-state index contributed by atoms with van der Waals surface area (Å²) in [5.41, 5.74) is 1.75. The van der Waals surface area contributed by atoms with E-state index in [2.05, 4.69) is 4.72 Å². The van der Waals surface area contributed by atoms with E-state index in [4.69, 9.17) is 14.2 Å². The first-order valence-corrected chi connectivity index (χ1v) is 12.1. The van der Waals surface area contributed by atoms with Crippen LogP contribution in [0.3, 0.4) is 0 Å². The number of carbonyl (C=O) groups is 1. The molecule has 0 bridgehead atoms. The molecule has 0 aromatic heterocycles. The normalized spacial score (nSPS) is 21.3. The lowest BCUT2D eigenvalue weighted by atomic mass is 9.80. The van der Waals surface area contributed by atoms with Crippen molar-refractivity contribution in [2.75, 3.05) is 20.3 Å². The van der Waals surface area contributed by atoms with Crippen LogP contribution >= 0.6 is 0 Å². The third-order valence-corrected chi connectivity index (χ3v) is 7.58. The zero-order chi connectivity index (χ0) is 22.8. The molecule has 32 heavy (non-hydrogen) atoms. The van der Waals surface area contributed by atoms with Crippen molar-refractivity contribution < 1.29 is 32.5 Å². The maximum absolute atomic E-state index is 13.0. The van der Waals surface area contributed by atoms with Gasteiger partial charge in [-0.1, -0.05) is 24.3 Å². The fourth-order valence-electron chi connectivity index (χ4n) is 4.47. The largest absolute Gasteiger partial charge is 0.497 e. The van der Waals surface area contributed by atoms with Gasteiger partial charge >= 0.3 is 5.97 Å². The van der Waals surface area contributed by atoms with Crippen molar-refractivity contribution in [3.63, 3.8) is 0 Å². The minimum atomic E-state index is -4.03. The molecular formula is C23H27NO7S. The smallest absolute Gasteiger partial charge is 0.322 e. The van der Waals surface area contributed by atoms with Crippen LogP contribution < -0.4 is 9.46 Å². The number of ether oxygens (including phenoxy) is 3. The van der Waals surface area contributed by atoms with Crippen LogP contribution in [0.4, 0.5) is 0 Å². The van der Waals surface area contributed by atoms with Crippen LogP contribution in [0.5, 0.6) is 5.75 Å². The average Bonchev–Trinajstić information content (AvgIpc) is 3.24. The van der Waals surface area contributed by atoms with E-state index in [1.807, 2.05) is 24.3 Å². The molecule has 2 N–H and O–H groups in total. The number of carboxylic acids is 1. The zero-order valence-corrected chi connectivity index (χ0v) is 18.6. The van der Waals surface area contributed by atoms with Gasteiger partial charge in [-0.15, -0.1) is 0 Å². The van der Waals surface area contributed by atoms with E-state index < -0.39 is 33.7 Å². The molecule has 2 aromatic carbocycles. The summed E-state index contributed by atoms with van der Waals surface area (Å²) >= 11 is 0. The van der Waals surface area contributed by atoms with Gasteiger partial charge in [0.25, 0.3) is 0 Å². The number of carboxylic acid groups (broad SMARTS) is 1. The van der Waals surface area contributed by atoms with Crippen molar-refractivity contribution in [3.05, 3.63) is 48.5 Å². The van der Waals surface area contributed by atoms with E-state index in [0.717, 1.165) is 16.9 Å². The highest BCUT2D eigenvalue weighted by Gasteiger charge is 2.45. The van der Waals surface area contributed by atoms with Crippen molar-refractivity contribution in [3.8, 4) is 16.9 Å². The van der Waals surface area contributed by atoms with Gasteiger partial charge < -0.3 is 19.3 Å². The second-order valence-corrected chi connectivity index (χ2v) is 9.87. The summed E-state index contributed by atoms with van der Waals surface area (Å²) < 4.78 is 45.0. The van der Waals surface area contributed by atoms with Crippen LogP contribution in [0.2, 0.25) is 0 Å². The lowest BCUT2D eigenvalue weighted by Crippen LogP contribution is -2.50. The Bertz CT molecular complexity index is 1040. The zero-order valence-electron chi connectivity index (χ0n) is 17.8. The third-order valence-electron chi connectivity index (χ3n) is 6.13. The van der Waals surface area contributed by atoms with E-state index in [1.54, 1.807) is 19.2 Å². The van der Waals surface area contributed by atoms with Gasteiger partial charge in [0, 0.05) is 12.8 Å². The van der Waals surface area contributed by atoms with Gasteiger partial charge in [-0.3, -0.25) is 4.79 Å². The number of aliphatic carboxylic acids is 1. The molecule has 1 heterocycles. The van der Waals surface area contributed by atoms with Crippen LogP contribution in [0.1, 0.15) is 25.7 Å². The first-order valence-electron chi connectivity index (χ1n) is 10.6. The molecule has 2 fully saturated rings. The Morgan fingerprint density at radius 1 is 1.09 bits per heavy atom. The van der Waals surface area contributed by atoms with Crippen LogP contribution in [0.15, 0.2) is 53.4 Å². The first-order chi connectivity index (χ1) is 15.3. The minimum Gasteiger partial charge on any atom is -0.497 e. The van der Waals surface area contributed by atoms with E-state index in [0.29, 0.717) is 38.9 Å². The average molecular weight is 462 g/mol. The van der Waals surface area contributed by atoms with Gasteiger partial charge in [0.1, 0.15) is 11.8 Å². The number of sulfonamides is 1. The number of nitrogens with one attached hydrogen (secondary N) is 1. The van der Waals surface area contributed by atoms with Crippen molar-refractivity contribution >= 4 is 16.0 Å². The van der Waals surface area contributed by atoms with Crippen molar-refractivity contribution in [2.24, 2.45) is 5.92 Å². The summed E-state index contributed by atoms with van der Waals surface area (Å²) in [5, 5.41) is 9.78. The van der Waals surface area contributed by atoms with E-state index >= 15 is 0 Å².